The molecule has 1 unspecified atom stereocenters. The van der Waals surface area contributed by atoms with E-state index in [0.29, 0.717) is 18.7 Å². The molecule has 1 aromatic carbocycles. The van der Waals surface area contributed by atoms with Crippen LogP contribution < -0.4 is 10.6 Å². The summed E-state index contributed by atoms with van der Waals surface area (Å²) in [5.41, 5.74) is 3.03. The first-order valence-corrected chi connectivity index (χ1v) is 10.9. The molecule has 2 heterocycles. The van der Waals surface area contributed by atoms with Crippen molar-refractivity contribution < 1.29 is 9.53 Å². The van der Waals surface area contributed by atoms with Gasteiger partial charge in [0.1, 0.15) is 5.60 Å². The van der Waals surface area contributed by atoms with E-state index in [4.69, 9.17) is 4.74 Å². The number of hydrogen-bond donors (Lipinski definition) is 2. The molecule has 0 saturated carbocycles. The minimum atomic E-state index is -0.552. The predicted octanol–water partition coefficient (Wildman–Crippen LogP) is 4.34. The van der Waals surface area contributed by atoms with E-state index in [0.717, 1.165) is 16.7 Å². The van der Waals surface area contributed by atoms with Crippen LogP contribution in [0.1, 0.15) is 55.0 Å². The Bertz CT molecular complexity index is 1040. The van der Waals surface area contributed by atoms with Crippen LogP contribution in [-0.4, -0.2) is 34.8 Å². The summed E-state index contributed by atoms with van der Waals surface area (Å²) >= 11 is 0. The van der Waals surface area contributed by atoms with Crippen molar-refractivity contribution in [1.82, 2.24) is 20.6 Å². The second kappa shape index (κ2) is 11.2. The van der Waals surface area contributed by atoms with Crippen LogP contribution >= 0.6 is 0 Å². The highest BCUT2D eigenvalue weighted by molar-refractivity contribution is 5.67. The van der Waals surface area contributed by atoms with Gasteiger partial charge < -0.3 is 15.4 Å². The van der Waals surface area contributed by atoms with E-state index >= 15 is 0 Å². The Hall–Kier alpha value is -3.76. The van der Waals surface area contributed by atoms with Crippen LogP contribution in [0.4, 0.5) is 4.79 Å². The lowest BCUT2D eigenvalue weighted by Crippen LogP contribution is -2.38. The normalized spacial score (nSPS) is 12.1. The van der Waals surface area contributed by atoms with E-state index in [1.165, 1.54) is 0 Å². The lowest BCUT2D eigenvalue weighted by atomic mass is 9.82. The molecule has 33 heavy (non-hydrogen) atoms. The van der Waals surface area contributed by atoms with Crippen molar-refractivity contribution in [1.29, 1.82) is 5.26 Å². The molecule has 0 aliphatic heterocycles. The summed E-state index contributed by atoms with van der Waals surface area (Å²) in [6.45, 7) is 6.37. The number of nitrogens with zero attached hydrogens (tertiary/aromatic N) is 3. The summed E-state index contributed by atoms with van der Waals surface area (Å²) in [7, 11) is 0. The number of aromatic nitrogens is 2. The van der Waals surface area contributed by atoms with E-state index in [1.807, 2.05) is 75.6 Å². The van der Waals surface area contributed by atoms with Crippen LogP contribution in [0.2, 0.25) is 0 Å². The quantitative estimate of drug-likeness (QED) is 0.503. The SMILES string of the molecule is CC(C)(C)OC(=O)NCCNC(c1cccc(C#N)c1)C(c1cccnc1)c1cccnc1. The molecule has 0 spiro atoms. The summed E-state index contributed by atoms with van der Waals surface area (Å²) in [6.07, 6.45) is 6.72. The second-order valence-electron chi connectivity index (χ2n) is 8.65. The molecule has 3 rings (SSSR count). The molecular formula is C26H29N5O2. The second-order valence-corrected chi connectivity index (χ2v) is 8.65. The van der Waals surface area contributed by atoms with Crippen LogP contribution in [-0.2, 0) is 4.74 Å². The zero-order valence-corrected chi connectivity index (χ0v) is 19.2. The molecule has 3 aromatic rings. The van der Waals surface area contributed by atoms with Gasteiger partial charge in [0, 0.05) is 49.8 Å². The Balaban J connectivity index is 1.88. The fourth-order valence-electron chi connectivity index (χ4n) is 3.63. The Labute approximate surface area is 194 Å². The van der Waals surface area contributed by atoms with Gasteiger partial charge in [-0.05, 0) is 61.7 Å². The van der Waals surface area contributed by atoms with Crippen LogP contribution in [0.5, 0.6) is 0 Å². The maximum absolute atomic E-state index is 12.0. The first-order valence-electron chi connectivity index (χ1n) is 10.9. The number of ether oxygens (including phenoxy) is 1. The van der Waals surface area contributed by atoms with Gasteiger partial charge in [-0.15, -0.1) is 0 Å². The Kier molecular flexibility index (Phi) is 8.11. The first kappa shape index (κ1) is 23.9. The van der Waals surface area contributed by atoms with Crippen molar-refractivity contribution in [3.8, 4) is 6.07 Å². The summed E-state index contributed by atoms with van der Waals surface area (Å²) < 4.78 is 5.32. The van der Waals surface area contributed by atoms with Crippen molar-refractivity contribution in [2.75, 3.05) is 13.1 Å². The van der Waals surface area contributed by atoms with Gasteiger partial charge in [-0.1, -0.05) is 24.3 Å². The largest absolute Gasteiger partial charge is 0.444 e. The van der Waals surface area contributed by atoms with Gasteiger partial charge in [0.2, 0.25) is 0 Å². The van der Waals surface area contributed by atoms with Crippen molar-refractivity contribution in [3.05, 3.63) is 95.6 Å². The minimum Gasteiger partial charge on any atom is -0.444 e. The number of nitrogens with one attached hydrogen (secondary N) is 2. The highest BCUT2D eigenvalue weighted by atomic mass is 16.6. The van der Waals surface area contributed by atoms with E-state index < -0.39 is 11.7 Å². The fraction of sp³-hybridized carbons (Fsp3) is 0.308. The van der Waals surface area contributed by atoms with Crippen molar-refractivity contribution in [2.45, 2.75) is 38.3 Å². The van der Waals surface area contributed by atoms with Gasteiger partial charge in [0.05, 0.1) is 11.6 Å². The maximum Gasteiger partial charge on any atom is 0.407 e. The molecule has 170 valence electrons. The Morgan fingerprint density at radius 2 is 1.64 bits per heavy atom. The lowest BCUT2D eigenvalue weighted by molar-refractivity contribution is 0.0528. The van der Waals surface area contributed by atoms with Gasteiger partial charge in [0.25, 0.3) is 0 Å². The van der Waals surface area contributed by atoms with Crippen LogP contribution in [0.3, 0.4) is 0 Å². The van der Waals surface area contributed by atoms with Crippen LogP contribution in [0.15, 0.2) is 73.3 Å². The third-order valence-electron chi connectivity index (χ3n) is 4.95. The first-order chi connectivity index (χ1) is 15.9. The molecule has 7 heteroatoms. The van der Waals surface area contributed by atoms with Gasteiger partial charge >= 0.3 is 6.09 Å². The number of carbonyl (C=O) groups is 1. The van der Waals surface area contributed by atoms with E-state index in [1.54, 1.807) is 18.5 Å². The molecule has 2 N–H and O–H groups in total. The molecule has 0 radical (unpaired) electrons. The summed E-state index contributed by atoms with van der Waals surface area (Å²) in [6, 6.07) is 17.5. The zero-order valence-electron chi connectivity index (χ0n) is 19.2. The molecule has 0 bridgehead atoms. The average Bonchev–Trinajstić information content (AvgIpc) is 2.81. The monoisotopic (exact) mass is 443 g/mol. The average molecular weight is 444 g/mol. The highest BCUT2D eigenvalue weighted by Crippen LogP contribution is 2.36. The minimum absolute atomic E-state index is 0.108. The van der Waals surface area contributed by atoms with Gasteiger partial charge in [-0.25, -0.2) is 4.79 Å². The number of rotatable bonds is 8. The van der Waals surface area contributed by atoms with Gasteiger partial charge in [-0.3, -0.25) is 9.97 Å². The standard InChI is InChI=1S/C26H29N5O2/c1-26(2,3)33-25(32)31-14-13-30-24(20-8-4-7-19(15-20)16-27)23(21-9-5-11-28-17-21)22-10-6-12-29-18-22/h4-12,15,17-18,23-24,30H,13-14H2,1-3H3,(H,31,32). The lowest BCUT2D eigenvalue weighted by Gasteiger charge is -2.29. The maximum atomic E-state index is 12.0. The van der Waals surface area contributed by atoms with Crippen LogP contribution in [0.25, 0.3) is 0 Å². The third kappa shape index (κ3) is 7.13. The number of hydrogen-bond acceptors (Lipinski definition) is 6. The van der Waals surface area contributed by atoms with E-state index in [9.17, 15) is 10.1 Å². The Morgan fingerprint density at radius 3 is 2.18 bits per heavy atom. The molecule has 0 aliphatic carbocycles. The summed E-state index contributed by atoms with van der Waals surface area (Å²) in [5.74, 6) is -0.108. The van der Waals surface area contributed by atoms with Gasteiger partial charge in [0.15, 0.2) is 0 Å². The molecule has 1 amide bonds. The molecular weight excluding hydrogens is 414 g/mol. The molecule has 2 aromatic heterocycles. The van der Waals surface area contributed by atoms with E-state index in [2.05, 4.69) is 26.7 Å². The number of carbonyl (C=O) groups excluding carboxylic acids is 1. The third-order valence-corrected chi connectivity index (χ3v) is 4.95. The summed E-state index contributed by atoms with van der Waals surface area (Å²) in [4.78, 5) is 20.7. The zero-order chi connectivity index (χ0) is 23.7. The number of benzene rings is 1. The topological polar surface area (TPSA) is 99.9 Å². The molecule has 7 nitrogen and oxygen atoms in total. The highest BCUT2D eigenvalue weighted by Gasteiger charge is 2.27. The number of alkyl carbamates (subject to hydrolysis) is 1. The van der Waals surface area contributed by atoms with Crippen LogP contribution in [0, 0.1) is 11.3 Å². The number of nitriles is 1. The smallest absolute Gasteiger partial charge is 0.407 e. The van der Waals surface area contributed by atoms with E-state index in [-0.39, 0.29) is 12.0 Å². The van der Waals surface area contributed by atoms with Crippen molar-refractivity contribution in [3.63, 3.8) is 0 Å². The van der Waals surface area contributed by atoms with Crippen molar-refractivity contribution in [2.24, 2.45) is 0 Å². The molecule has 0 fully saturated rings. The number of amides is 1. The Morgan fingerprint density at radius 1 is 1.00 bits per heavy atom. The fourth-order valence-corrected chi connectivity index (χ4v) is 3.63. The number of pyridine rings is 2. The van der Waals surface area contributed by atoms with Crippen molar-refractivity contribution >= 4 is 6.09 Å². The summed E-state index contributed by atoms with van der Waals surface area (Å²) in [5, 5.41) is 15.8. The predicted molar refractivity (Wildman–Crippen MR) is 126 cm³/mol. The molecule has 0 aliphatic rings. The van der Waals surface area contributed by atoms with Gasteiger partial charge in [-0.2, -0.15) is 5.26 Å². The molecule has 1 atom stereocenters. The molecule has 0 saturated heterocycles.